The molecule has 0 bridgehead atoms. The number of hydrogen-bond acceptors (Lipinski definition) is 3. The predicted octanol–water partition coefficient (Wildman–Crippen LogP) is 1.17. The molecule has 0 aliphatic heterocycles. The molecule has 2 N–H and O–H groups in total. The molecule has 0 aromatic rings. The van der Waals surface area contributed by atoms with Crippen molar-refractivity contribution < 1.29 is 9.47 Å². The van der Waals surface area contributed by atoms with Crippen LogP contribution in [-0.4, -0.2) is 32.5 Å². The number of hydrogen-bond donors (Lipinski definition) is 1. The molecule has 12 heavy (non-hydrogen) atoms. The number of ether oxygens (including phenoxy) is 2. The first kappa shape index (κ1) is 11.9. The van der Waals surface area contributed by atoms with Gasteiger partial charge in [0, 0.05) is 26.4 Å². The van der Waals surface area contributed by atoms with Crippen LogP contribution in [0.15, 0.2) is 0 Å². The van der Waals surface area contributed by atoms with Gasteiger partial charge in [0.15, 0.2) is 0 Å². The summed E-state index contributed by atoms with van der Waals surface area (Å²) in [6.45, 7) is 5.55. The molecule has 0 amide bonds. The van der Waals surface area contributed by atoms with Crippen molar-refractivity contribution in [2.75, 3.05) is 20.3 Å². The summed E-state index contributed by atoms with van der Waals surface area (Å²) < 4.78 is 10.3. The van der Waals surface area contributed by atoms with Crippen LogP contribution >= 0.6 is 0 Å². The predicted molar refractivity (Wildman–Crippen MR) is 50.2 cm³/mol. The first-order valence-corrected chi connectivity index (χ1v) is 4.53. The summed E-state index contributed by atoms with van der Waals surface area (Å²) in [6.07, 6.45) is 2.14. The van der Waals surface area contributed by atoms with Crippen LogP contribution in [0.1, 0.15) is 26.7 Å². The summed E-state index contributed by atoms with van der Waals surface area (Å²) in [5, 5.41) is 0. The standard InChI is InChI=1S/C9H21NO2/c1-8(2)12-7-5-9(10)4-6-11-3/h8-9H,4-7,10H2,1-3H3. The maximum atomic E-state index is 5.79. The SMILES string of the molecule is COCCC(N)CCOC(C)C. The third kappa shape index (κ3) is 7.98. The highest BCUT2D eigenvalue weighted by atomic mass is 16.5. The minimum atomic E-state index is 0.212. The normalized spacial score (nSPS) is 13.8. The van der Waals surface area contributed by atoms with Crippen molar-refractivity contribution in [3.8, 4) is 0 Å². The molecule has 0 radical (unpaired) electrons. The van der Waals surface area contributed by atoms with Gasteiger partial charge < -0.3 is 15.2 Å². The maximum absolute atomic E-state index is 5.79. The van der Waals surface area contributed by atoms with Gasteiger partial charge in [0.2, 0.25) is 0 Å². The van der Waals surface area contributed by atoms with Crippen LogP contribution < -0.4 is 5.73 Å². The van der Waals surface area contributed by atoms with Crippen molar-refractivity contribution >= 4 is 0 Å². The first-order chi connectivity index (χ1) is 5.66. The van der Waals surface area contributed by atoms with Gasteiger partial charge in [0.1, 0.15) is 0 Å². The average Bonchev–Trinajstić information content (AvgIpc) is 2.00. The van der Waals surface area contributed by atoms with Crippen molar-refractivity contribution in [1.82, 2.24) is 0 Å². The lowest BCUT2D eigenvalue weighted by molar-refractivity contribution is 0.0713. The van der Waals surface area contributed by atoms with Crippen molar-refractivity contribution in [2.24, 2.45) is 5.73 Å². The van der Waals surface area contributed by atoms with E-state index in [0.717, 1.165) is 26.1 Å². The molecule has 0 saturated heterocycles. The second-order valence-corrected chi connectivity index (χ2v) is 3.25. The molecular weight excluding hydrogens is 154 g/mol. The second kappa shape index (κ2) is 7.53. The summed E-state index contributed by atoms with van der Waals surface area (Å²) in [6, 6.07) is 0.212. The van der Waals surface area contributed by atoms with Gasteiger partial charge in [-0.05, 0) is 26.7 Å². The van der Waals surface area contributed by atoms with Crippen LogP contribution in [0.5, 0.6) is 0 Å². The van der Waals surface area contributed by atoms with Gasteiger partial charge in [-0.1, -0.05) is 0 Å². The Hall–Kier alpha value is -0.120. The summed E-state index contributed by atoms with van der Waals surface area (Å²) in [4.78, 5) is 0. The molecule has 1 atom stereocenters. The van der Waals surface area contributed by atoms with Gasteiger partial charge >= 0.3 is 0 Å². The molecule has 0 aliphatic rings. The third-order valence-electron chi connectivity index (χ3n) is 1.63. The average molecular weight is 175 g/mol. The van der Waals surface area contributed by atoms with E-state index in [2.05, 4.69) is 0 Å². The van der Waals surface area contributed by atoms with Gasteiger partial charge in [-0.15, -0.1) is 0 Å². The second-order valence-electron chi connectivity index (χ2n) is 3.25. The molecule has 0 aromatic carbocycles. The number of methoxy groups -OCH3 is 1. The summed E-state index contributed by atoms with van der Waals surface area (Å²) in [7, 11) is 1.69. The number of nitrogens with two attached hydrogens (primary N) is 1. The molecule has 3 nitrogen and oxygen atoms in total. The topological polar surface area (TPSA) is 44.5 Å². The van der Waals surface area contributed by atoms with Gasteiger partial charge in [-0.25, -0.2) is 0 Å². The monoisotopic (exact) mass is 175 g/mol. The summed E-state index contributed by atoms with van der Waals surface area (Å²) in [5.41, 5.74) is 5.79. The highest BCUT2D eigenvalue weighted by Gasteiger charge is 2.02. The Morgan fingerprint density at radius 3 is 2.25 bits per heavy atom. The van der Waals surface area contributed by atoms with Crippen LogP contribution in [0.3, 0.4) is 0 Å². The molecule has 1 unspecified atom stereocenters. The van der Waals surface area contributed by atoms with Crippen LogP contribution in [-0.2, 0) is 9.47 Å². The Bertz CT molecular complexity index is 96.5. The third-order valence-corrected chi connectivity index (χ3v) is 1.63. The Morgan fingerprint density at radius 1 is 1.17 bits per heavy atom. The molecule has 0 fully saturated rings. The number of rotatable bonds is 7. The summed E-state index contributed by atoms with van der Waals surface area (Å²) >= 11 is 0. The van der Waals surface area contributed by atoms with E-state index in [1.165, 1.54) is 0 Å². The fraction of sp³-hybridized carbons (Fsp3) is 1.00. The first-order valence-electron chi connectivity index (χ1n) is 4.53. The quantitative estimate of drug-likeness (QED) is 0.631. The fourth-order valence-corrected chi connectivity index (χ4v) is 0.869. The Morgan fingerprint density at radius 2 is 1.75 bits per heavy atom. The molecule has 0 rings (SSSR count). The Kier molecular flexibility index (Phi) is 7.45. The molecule has 74 valence electrons. The van der Waals surface area contributed by atoms with E-state index >= 15 is 0 Å². The van der Waals surface area contributed by atoms with Crippen molar-refractivity contribution in [1.29, 1.82) is 0 Å². The largest absolute Gasteiger partial charge is 0.385 e. The van der Waals surface area contributed by atoms with E-state index in [0.29, 0.717) is 6.10 Å². The van der Waals surface area contributed by atoms with Gasteiger partial charge in [-0.2, -0.15) is 0 Å². The van der Waals surface area contributed by atoms with Crippen LogP contribution in [0.4, 0.5) is 0 Å². The fourth-order valence-electron chi connectivity index (χ4n) is 0.869. The summed E-state index contributed by atoms with van der Waals surface area (Å²) in [5.74, 6) is 0. The van der Waals surface area contributed by atoms with E-state index in [4.69, 9.17) is 15.2 Å². The Balaban J connectivity index is 3.13. The molecule has 0 saturated carbocycles. The van der Waals surface area contributed by atoms with E-state index in [9.17, 15) is 0 Å². The van der Waals surface area contributed by atoms with Gasteiger partial charge in [0.25, 0.3) is 0 Å². The highest BCUT2D eigenvalue weighted by Crippen LogP contribution is 1.97. The highest BCUT2D eigenvalue weighted by molar-refractivity contribution is 4.59. The minimum absolute atomic E-state index is 0.212. The molecule has 0 aromatic heterocycles. The Labute approximate surface area is 75.2 Å². The van der Waals surface area contributed by atoms with Crippen molar-refractivity contribution in [2.45, 2.75) is 38.8 Å². The molecule has 0 aliphatic carbocycles. The molecule has 0 spiro atoms. The van der Waals surface area contributed by atoms with Crippen LogP contribution in [0.2, 0.25) is 0 Å². The zero-order valence-electron chi connectivity index (χ0n) is 8.38. The lowest BCUT2D eigenvalue weighted by Gasteiger charge is -2.12. The zero-order valence-corrected chi connectivity index (χ0v) is 8.38. The maximum Gasteiger partial charge on any atom is 0.0518 e. The molecule has 3 heteroatoms. The lowest BCUT2D eigenvalue weighted by atomic mass is 10.2. The van der Waals surface area contributed by atoms with Gasteiger partial charge in [0.05, 0.1) is 6.10 Å². The zero-order chi connectivity index (χ0) is 9.40. The molecular formula is C9H21NO2. The smallest absolute Gasteiger partial charge is 0.0518 e. The van der Waals surface area contributed by atoms with E-state index in [1.807, 2.05) is 13.8 Å². The van der Waals surface area contributed by atoms with Crippen LogP contribution in [0, 0.1) is 0 Å². The van der Waals surface area contributed by atoms with Crippen LogP contribution in [0.25, 0.3) is 0 Å². The molecule has 0 heterocycles. The van der Waals surface area contributed by atoms with E-state index in [-0.39, 0.29) is 6.04 Å². The van der Waals surface area contributed by atoms with Crippen molar-refractivity contribution in [3.63, 3.8) is 0 Å². The lowest BCUT2D eigenvalue weighted by Crippen LogP contribution is -2.24. The minimum Gasteiger partial charge on any atom is -0.385 e. The van der Waals surface area contributed by atoms with E-state index < -0.39 is 0 Å². The van der Waals surface area contributed by atoms with Gasteiger partial charge in [-0.3, -0.25) is 0 Å². The van der Waals surface area contributed by atoms with Crippen molar-refractivity contribution in [3.05, 3.63) is 0 Å². The van der Waals surface area contributed by atoms with E-state index in [1.54, 1.807) is 7.11 Å².